The van der Waals surface area contributed by atoms with E-state index >= 15 is 0 Å². The maximum Gasteiger partial charge on any atom is 0.270 e. The molecule has 1 amide bonds. The van der Waals surface area contributed by atoms with Gasteiger partial charge in [-0.1, -0.05) is 0 Å². The van der Waals surface area contributed by atoms with E-state index in [0.717, 1.165) is 12.8 Å². The third-order valence-electron chi connectivity index (χ3n) is 3.09. The van der Waals surface area contributed by atoms with Gasteiger partial charge in [0.05, 0.1) is 0 Å². The first-order valence-corrected chi connectivity index (χ1v) is 8.07. The van der Waals surface area contributed by atoms with Crippen molar-refractivity contribution < 1.29 is 13.2 Å². The fourth-order valence-electron chi connectivity index (χ4n) is 1.75. The summed E-state index contributed by atoms with van der Waals surface area (Å²) in [6, 6.07) is 1.58. The van der Waals surface area contributed by atoms with Crippen LogP contribution in [0.1, 0.15) is 36.3 Å². The van der Waals surface area contributed by atoms with E-state index in [2.05, 4.69) is 0 Å². The number of hydrogen-bond donors (Lipinski definition) is 0. The summed E-state index contributed by atoms with van der Waals surface area (Å²) in [6.45, 7) is 2.43. The Morgan fingerprint density at radius 2 is 2.17 bits per heavy atom. The number of aromatic nitrogens is 1. The number of hydrogen-bond acceptors (Lipinski definition) is 3. The molecule has 7 heteroatoms. The molecule has 1 fully saturated rings. The Hall–Kier alpha value is -1.01. The Kier molecular flexibility index (Phi) is 3.42. The molecule has 0 aromatic carbocycles. The molecule has 0 bridgehead atoms. The average molecular weight is 291 g/mol. The molecule has 1 heterocycles. The fourth-order valence-corrected chi connectivity index (χ4v) is 2.50. The highest BCUT2D eigenvalue weighted by Crippen LogP contribution is 2.37. The molecule has 0 spiro atoms. The van der Waals surface area contributed by atoms with Gasteiger partial charge < -0.3 is 9.47 Å². The van der Waals surface area contributed by atoms with E-state index in [4.69, 9.17) is 10.7 Å². The number of halogens is 1. The van der Waals surface area contributed by atoms with Crippen LogP contribution in [0, 0.1) is 0 Å². The molecule has 0 radical (unpaired) electrons. The van der Waals surface area contributed by atoms with Crippen LogP contribution < -0.4 is 0 Å². The topological polar surface area (TPSA) is 59.4 Å². The molecule has 18 heavy (non-hydrogen) atoms. The van der Waals surface area contributed by atoms with Crippen LogP contribution in [0.25, 0.3) is 0 Å². The van der Waals surface area contributed by atoms with Crippen LogP contribution in [0.5, 0.6) is 0 Å². The molecular formula is C11H15ClN2O3S. The third-order valence-corrected chi connectivity index (χ3v) is 4.41. The lowest BCUT2D eigenvalue weighted by Gasteiger charge is -2.15. The van der Waals surface area contributed by atoms with Crippen molar-refractivity contribution in [1.29, 1.82) is 0 Å². The smallest absolute Gasteiger partial charge is 0.270 e. The molecule has 2 rings (SSSR count). The molecule has 1 aromatic rings. The molecule has 0 saturated heterocycles. The minimum absolute atomic E-state index is 0.0103. The first-order chi connectivity index (χ1) is 8.34. The Morgan fingerprint density at radius 3 is 2.61 bits per heavy atom. The van der Waals surface area contributed by atoms with Crippen LogP contribution in [0.2, 0.25) is 0 Å². The molecule has 1 aliphatic carbocycles. The predicted octanol–water partition coefficient (Wildman–Crippen LogP) is 1.84. The van der Waals surface area contributed by atoms with Crippen molar-refractivity contribution in [2.45, 2.75) is 30.7 Å². The first-order valence-electron chi connectivity index (χ1n) is 5.76. The molecule has 5 nitrogen and oxygen atoms in total. The Bertz CT molecular complexity index is 575. The quantitative estimate of drug-likeness (QED) is 0.795. The number of rotatable bonds is 4. The van der Waals surface area contributed by atoms with Crippen LogP contribution >= 0.6 is 10.7 Å². The van der Waals surface area contributed by atoms with E-state index in [-0.39, 0.29) is 16.8 Å². The molecule has 0 aliphatic heterocycles. The van der Waals surface area contributed by atoms with Crippen molar-refractivity contribution >= 4 is 25.6 Å². The summed E-state index contributed by atoms with van der Waals surface area (Å²) < 4.78 is 24.4. The van der Waals surface area contributed by atoms with Crippen LogP contribution in [0.4, 0.5) is 0 Å². The normalized spacial score (nSPS) is 15.7. The van der Waals surface area contributed by atoms with Gasteiger partial charge in [-0.3, -0.25) is 4.79 Å². The van der Waals surface area contributed by atoms with Crippen molar-refractivity contribution in [2.75, 3.05) is 13.6 Å². The molecule has 0 atom stereocenters. The molecule has 100 valence electrons. The van der Waals surface area contributed by atoms with Crippen molar-refractivity contribution in [2.24, 2.45) is 0 Å². The maximum atomic E-state index is 12.1. The molecule has 0 N–H and O–H groups in total. The van der Waals surface area contributed by atoms with Crippen molar-refractivity contribution in [3.05, 3.63) is 18.0 Å². The van der Waals surface area contributed by atoms with Gasteiger partial charge in [-0.15, -0.1) is 0 Å². The van der Waals surface area contributed by atoms with Gasteiger partial charge in [-0.05, 0) is 25.8 Å². The van der Waals surface area contributed by atoms with Crippen molar-refractivity contribution in [1.82, 2.24) is 9.47 Å². The minimum atomic E-state index is -3.80. The van der Waals surface area contributed by atoms with Gasteiger partial charge in [0.25, 0.3) is 15.0 Å². The zero-order chi connectivity index (χ0) is 13.5. The van der Waals surface area contributed by atoms with E-state index in [1.54, 1.807) is 16.5 Å². The fraction of sp³-hybridized carbons (Fsp3) is 0.545. The summed E-state index contributed by atoms with van der Waals surface area (Å²) in [5.41, 5.74) is 0.390. The van der Waals surface area contributed by atoms with Crippen LogP contribution in [-0.4, -0.2) is 37.4 Å². The van der Waals surface area contributed by atoms with Gasteiger partial charge in [0.15, 0.2) is 0 Å². The van der Waals surface area contributed by atoms with E-state index in [1.165, 1.54) is 12.3 Å². The van der Waals surface area contributed by atoms with E-state index in [9.17, 15) is 13.2 Å². The van der Waals surface area contributed by atoms with Crippen LogP contribution in [0.3, 0.4) is 0 Å². The summed E-state index contributed by atoms with van der Waals surface area (Å²) in [7, 11) is 3.21. The van der Waals surface area contributed by atoms with Crippen LogP contribution in [0.15, 0.2) is 17.2 Å². The van der Waals surface area contributed by atoms with Gasteiger partial charge in [-0.25, -0.2) is 8.42 Å². The largest absolute Gasteiger partial charge is 0.341 e. The second-order valence-corrected chi connectivity index (χ2v) is 7.02. The van der Waals surface area contributed by atoms with Crippen molar-refractivity contribution in [3.8, 4) is 0 Å². The maximum absolute atomic E-state index is 12.1. The number of carbonyl (C=O) groups is 1. The van der Waals surface area contributed by atoms with Gasteiger partial charge in [0, 0.05) is 36.5 Å². The average Bonchev–Trinajstić information content (AvgIpc) is 3.04. The molecular weight excluding hydrogens is 276 g/mol. The zero-order valence-electron chi connectivity index (χ0n) is 10.3. The summed E-state index contributed by atoms with van der Waals surface area (Å²) in [5, 5.41) is 0. The molecule has 1 saturated carbocycles. The van der Waals surface area contributed by atoms with E-state index < -0.39 is 9.05 Å². The molecule has 1 aromatic heterocycles. The minimum Gasteiger partial charge on any atom is -0.341 e. The summed E-state index contributed by atoms with van der Waals surface area (Å²) in [5.74, 6) is -0.184. The number of amides is 1. The van der Waals surface area contributed by atoms with Crippen LogP contribution in [-0.2, 0) is 9.05 Å². The SMILES string of the molecule is CCN(C)C(=O)c1cc(S(=O)(=O)Cl)cn1C1CC1. The second kappa shape index (κ2) is 4.59. The third kappa shape index (κ3) is 2.54. The molecule has 1 aliphatic rings. The lowest BCUT2D eigenvalue weighted by Crippen LogP contribution is -2.28. The Labute approximate surface area is 111 Å². The first kappa shape index (κ1) is 13.4. The second-order valence-electron chi connectivity index (χ2n) is 4.46. The highest BCUT2D eigenvalue weighted by Gasteiger charge is 2.30. The highest BCUT2D eigenvalue weighted by molar-refractivity contribution is 8.13. The Balaban J connectivity index is 2.45. The van der Waals surface area contributed by atoms with Gasteiger partial charge >= 0.3 is 0 Å². The van der Waals surface area contributed by atoms with Gasteiger partial charge in [0.2, 0.25) is 0 Å². The van der Waals surface area contributed by atoms with Gasteiger partial charge in [0.1, 0.15) is 10.6 Å². The predicted molar refractivity (Wildman–Crippen MR) is 68.4 cm³/mol. The highest BCUT2D eigenvalue weighted by atomic mass is 35.7. The van der Waals surface area contributed by atoms with E-state index in [0.29, 0.717) is 12.2 Å². The monoisotopic (exact) mass is 290 g/mol. The summed E-state index contributed by atoms with van der Waals surface area (Å²) in [4.78, 5) is 13.7. The number of carbonyl (C=O) groups excluding carboxylic acids is 1. The number of nitrogens with zero attached hydrogens (tertiary/aromatic N) is 2. The lowest BCUT2D eigenvalue weighted by atomic mass is 10.3. The zero-order valence-corrected chi connectivity index (χ0v) is 11.8. The summed E-state index contributed by atoms with van der Waals surface area (Å²) >= 11 is 0. The molecule has 0 unspecified atom stereocenters. The Morgan fingerprint density at radius 1 is 1.56 bits per heavy atom. The lowest BCUT2D eigenvalue weighted by molar-refractivity contribution is 0.0791. The standard InChI is InChI=1S/C11H15ClN2O3S/c1-3-13(2)11(15)10-6-9(18(12,16)17)7-14(10)8-4-5-8/h6-8H,3-5H2,1-2H3. The van der Waals surface area contributed by atoms with Crippen molar-refractivity contribution in [3.63, 3.8) is 0 Å². The van der Waals surface area contributed by atoms with Gasteiger partial charge in [-0.2, -0.15) is 0 Å². The summed E-state index contributed by atoms with van der Waals surface area (Å²) in [6.07, 6.45) is 3.38. The van der Waals surface area contributed by atoms with E-state index in [1.807, 2.05) is 6.92 Å².